The minimum absolute atomic E-state index is 0.313. The molecule has 0 aliphatic rings. The van der Waals surface area contributed by atoms with Crippen LogP contribution in [0, 0.1) is 0 Å². The maximum absolute atomic E-state index is 6.05. The Morgan fingerprint density at radius 2 is 1.83 bits per heavy atom. The van der Waals surface area contributed by atoms with Gasteiger partial charge in [0.15, 0.2) is 0 Å². The second kappa shape index (κ2) is 5.59. The van der Waals surface area contributed by atoms with Crippen LogP contribution in [-0.2, 0) is 0 Å². The van der Waals surface area contributed by atoms with Gasteiger partial charge in [-0.15, -0.1) is 0 Å². The average molecular weight is 280 g/mol. The van der Waals surface area contributed by atoms with Gasteiger partial charge in [-0.1, -0.05) is 49.3 Å². The zero-order valence-corrected chi connectivity index (χ0v) is 11.8. The van der Waals surface area contributed by atoms with E-state index in [2.05, 4.69) is 48.1 Å². The highest BCUT2D eigenvalue weighted by atomic mass is 35.5. The van der Waals surface area contributed by atoms with E-state index in [1.807, 2.05) is 0 Å². The van der Waals surface area contributed by atoms with Crippen LogP contribution in [0.15, 0.2) is 40.5 Å². The average Bonchev–Trinajstić information content (AvgIpc) is 2.36. The molecule has 1 heterocycles. The number of anilines is 1. The van der Waals surface area contributed by atoms with Crippen LogP contribution in [0.5, 0.6) is 0 Å². The molecule has 0 amide bonds. The number of benzene rings is 1. The van der Waals surface area contributed by atoms with Crippen molar-refractivity contribution in [1.82, 2.24) is 9.97 Å². The standard InChI is InChI=1S/C13H14ClN3S/c1-8(2)9-3-5-10(6-4-9)18-13-11(14)12(15)16-7-17-13/h3-8H,1-2H3,(H2,15,16,17). The number of hydrogen-bond acceptors (Lipinski definition) is 4. The maximum atomic E-state index is 6.05. The Morgan fingerprint density at radius 3 is 2.44 bits per heavy atom. The van der Waals surface area contributed by atoms with Crippen molar-refractivity contribution >= 4 is 29.2 Å². The van der Waals surface area contributed by atoms with Crippen LogP contribution in [0.2, 0.25) is 5.02 Å². The summed E-state index contributed by atoms with van der Waals surface area (Å²) in [5, 5.41) is 1.09. The molecule has 1 aromatic carbocycles. The third-order valence-corrected chi connectivity index (χ3v) is 4.04. The second-order valence-electron chi connectivity index (χ2n) is 4.20. The Hall–Kier alpha value is -1.26. The summed E-state index contributed by atoms with van der Waals surface area (Å²) in [5.41, 5.74) is 6.95. The molecule has 2 rings (SSSR count). The molecule has 0 saturated heterocycles. The topological polar surface area (TPSA) is 51.8 Å². The van der Waals surface area contributed by atoms with Crippen LogP contribution in [0.25, 0.3) is 0 Å². The molecular formula is C13H14ClN3S. The highest BCUT2D eigenvalue weighted by Crippen LogP contribution is 2.33. The molecule has 18 heavy (non-hydrogen) atoms. The second-order valence-corrected chi connectivity index (χ2v) is 5.64. The van der Waals surface area contributed by atoms with Gasteiger partial charge in [-0.2, -0.15) is 0 Å². The number of nitrogens with two attached hydrogens (primary N) is 1. The fourth-order valence-electron chi connectivity index (χ4n) is 1.47. The molecule has 0 radical (unpaired) electrons. The van der Waals surface area contributed by atoms with E-state index in [9.17, 15) is 0 Å². The molecule has 0 unspecified atom stereocenters. The third kappa shape index (κ3) is 2.94. The van der Waals surface area contributed by atoms with E-state index >= 15 is 0 Å². The van der Waals surface area contributed by atoms with Gasteiger partial charge in [0, 0.05) is 4.90 Å². The summed E-state index contributed by atoms with van der Waals surface area (Å²) >= 11 is 7.54. The van der Waals surface area contributed by atoms with Crippen molar-refractivity contribution in [3.63, 3.8) is 0 Å². The summed E-state index contributed by atoms with van der Waals surface area (Å²) in [6, 6.07) is 8.36. The van der Waals surface area contributed by atoms with Crippen molar-refractivity contribution in [2.75, 3.05) is 5.73 Å². The van der Waals surface area contributed by atoms with Crippen LogP contribution < -0.4 is 5.73 Å². The largest absolute Gasteiger partial charge is 0.382 e. The van der Waals surface area contributed by atoms with Gasteiger partial charge in [-0.25, -0.2) is 9.97 Å². The first-order valence-corrected chi connectivity index (χ1v) is 6.81. The van der Waals surface area contributed by atoms with Gasteiger partial charge in [0.1, 0.15) is 22.2 Å². The van der Waals surface area contributed by atoms with Crippen molar-refractivity contribution in [1.29, 1.82) is 0 Å². The van der Waals surface area contributed by atoms with E-state index in [0.29, 0.717) is 21.8 Å². The quantitative estimate of drug-likeness (QED) is 0.863. The smallest absolute Gasteiger partial charge is 0.146 e. The van der Waals surface area contributed by atoms with Crippen LogP contribution in [0.4, 0.5) is 5.82 Å². The highest BCUT2D eigenvalue weighted by Gasteiger charge is 2.08. The lowest BCUT2D eigenvalue weighted by molar-refractivity contribution is 0.865. The van der Waals surface area contributed by atoms with E-state index in [4.69, 9.17) is 17.3 Å². The predicted octanol–water partition coefficient (Wildman–Crippen LogP) is 3.99. The Morgan fingerprint density at radius 1 is 1.17 bits per heavy atom. The molecular weight excluding hydrogens is 266 g/mol. The molecule has 1 aromatic heterocycles. The van der Waals surface area contributed by atoms with E-state index < -0.39 is 0 Å². The molecule has 2 N–H and O–H groups in total. The van der Waals surface area contributed by atoms with E-state index in [1.54, 1.807) is 0 Å². The van der Waals surface area contributed by atoms with E-state index in [1.165, 1.54) is 23.7 Å². The summed E-state index contributed by atoms with van der Waals surface area (Å²) in [7, 11) is 0. The first-order valence-electron chi connectivity index (χ1n) is 5.61. The minimum Gasteiger partial charge on any atom is -0.382 e. The van der Waals surface area contributed by atoms with Crippen molar-refractivity contribution in [2.45, 2.75) is 29.7 Å². The van der Waals surface area contributed by atoms with Gasteiger partial charge in [0.2, 0.25) is 0 Å². The Balaban J connectivity index is 2.21. The fourth-order valence-corrected chi connectivity index (χ4v) is 2.47. The molecule has 94 valence electrons. The normalized spacial score (nSPS) is 10.9. The molecule has 3 nitrogen and oxygen atoms in total. The molecule has 0 fully saturated rings. The minimum atomic E-state index is 0.313. The lowest BCUT2D eigenvalue weighted by Gasteiger charge is -2.07. The van der Waals surface area contributed by atoms with Crippen molar-refractivity contribution < 1.29 is 0 Å². The maximum Gasteiger partial charge on any atom is 0.146 e. The first-order chi connectivity index (χ1) is 8.58. The number of aromatic nitrogens is 2. The summed E-state index contributed by atoms with van der Waals surface area (Å²) in [5.74, 6) is 0.843. The van der Waals surface area contributed by atoms with Gasteiger partial charge in [0.05, 0.1) is 0 Å². The zero-order valence-electron chi connectivity index (χ0n) is 10.2. The molecule has 0 spiro atoms. The molecule has 5 heteroatoms. The van der Waals surface area contributed by atoms with Gasteiger partial charge in [-0.3, -0.25) is 0 Å². The fraction of sp³-hybridized carbons (Fsp3) is 0.231. The molecule has 0 aliphatic heterocycles. The lowest BCUT2D eigenvalue weighted by Crippen LogP contribution is -1.94. The first kappa shape index (κ1) is 13.2. The van der Waals surface area contributed by atoms with Crippen LogP contribution in [0.1, 0.15) is 25.3 Å². The van der Waals surface area contributed by atoms with Gasteiger partial charge in [-0.05, 0) is 23.6 Å². The molecule has 0 saturated carbocycles. The van der Waals surface area contributed by atoms with Gasteiger partial charge >= 0.3 is 0 Å². The predicted molar refractivity (Wildman–Crippen MR) is 76.1 cm³/mol. The number of nitrogen functional groups attached to an aromatic ring is 1. The van der Waals surface area contributed by atoms with Gasteiger partial charge < -0.3 is 5.73 Å². The van der Waals surface area contributed by atoms with Crippen LogP contribution in [-0.4, -0.2) is 9.97 Å². The monoisotopic (exact) mass is 279 g/mol. The molecule has 0 bridgehead atoms. The molecule has 2 aromatic rings. The Kier molecular flexibility index (Phi) is 4.09. The number of halogens is 1. The SMILES string of the molecule is CC(C)c1ccc(Sc2ncnc(N)c2Cl)cc1. The van der Waals surface area contributed by atoms with E-state index in [-0.39, 0.29) is 0 Å². The summed E-state index contributed by atoms with van der Waals surface area (Å²) in [6.07, 6.45) is 1.42. The van der Waals surface area contributed by atoms with Crippen molar-refractivity contribution in [2.24, 2.45) is 0 Å². The number of hydrogen-bond donors (Lipinski definition) is 1. The third-order valence-electron chi connectivity index (χ3n) is 2.55. The number of rotatable bonds is 3. The summed E-state index contributed by atoms with van der Waals surface area (Å²) < 4.78 is 0. The number of nitrogens with zero attached hydrogens (tertiary/aromatic N) is 2. The van der Waals surface area contributed by atoms with E-state index in [0.717, 1.165) is 4.90 Å². The Labute approximate surface area is 116 Å². The lowest BCUT2D eigenvalue weighted by atomic mass is 10.0. The van der Waals surface area contributed by atoms with Gasteiger partial charge in [0.25, 0.3) is 0 Å². The summed E-state index contributed by atoms with van der Waals surface area (Å²) in [6.45, 7) is 4.34. The molecule has 0 aliphatic carbocycles. The molecule has 0 atom stereocenters. The highest BCUT2D eigenvalue weighted by molar-refractivity contribution is 7.99. The van der Waals surface area contributed by atoms with Crippen LogP contribution >= 0.6 is 23.4 Å². The van der Waals surface area contributed by atoms with Crippen LogP contribution in [0.3, 0.4) is 0 Å². The Bertz CT molecular complexity index is 540. The van der Waals surface area contributed by atoms with Crippen molar-refractivity contribution in [3.8, 4) is 0 Å². The summed E-state index contributed by atoms with van der Waals surface area (Å²) in [4.78, 5) is 9.05. The zero-order chi connectivity index (χ0) is 13.1. The van der Waals surface area contributed by atoms with Crippen molar-refractivity contribution in [3.05, 3.63) is 41.2 Å².